The topological polar surface area (TPSA) is 34.1 Å². The number of hydrogen-bond acceptors (Lipinski definition) is 3. The minimum atomic E-state index is -2.76. The number of hydrogen-bond donors (Lipinski definition) is 0. The normalized spacial score (nSPS) is 24.6. The molecule has 0 N–H and O–H groups in total. The molecule has 0 spiro atoms. The van der Waals surface area contributed by atoms with Crippen molar-refractivity contribution >= 4 is 21.6 Å². The maximum atomic E-state index is 11.6. The molecule has 4 heteroatoms. The summed E-state index contributed by atoms with van der Waals surface area (Å²) in [6.45, 7) is 2.03. The molecule has 1 unspecified atom stereocenters. The molecule has 0 aliphatic carbocycles. The average molecular weight is 208 g/mol. The molecule has 1 aliphatic heterocycles. The van der Waals surface area contributed by atoms with Crippen LogP contribution in [0.1, 0.15) is 32.6 Å². The van der Waals surface area contributed by atoms with Crippen LogP contribution in [-0.4, -0.2) is 24.5 Å². The molecular weight excluding hydrogens is 192 g/mol. The molecule has 12 heavy (non-hydrogen) atoms. The molecule has 0 aromatic carbocycles. The molecule has 0 radical (unpaired) electrons. The number of sulfone groups is 1. The van der Waals surface area contributed by atoms with Crippen LogP contribution in [0.25, 0.3) is 0 Å². The van der Waals surface area contributed by atoms with Crippen LogP contribution < -0.4 is 0 Å². The lowest BCUT2D eigenvalue weighted by Crippen LogP contribution is -2.18. The van der Waals surface area contributed by atoms with Crippen molar-refractivity contribution in [1.29, 1.82) is 0 Å². The average Bonchev–Trinajstić information content (AvgIpc) is 2.53. The third kappa shape index (κ3) is 2.66. The van der Waals surface area contributed by atoms with E-state index >= 15 is 0 Å². The monoisotopic (exact) mass is 208 g/mol. The zero-order chi connectivity index (χ0) is 9.03. The van der Waals surface area contributed by atoms with Gasteiger partial charge < -0.3 is 0 Å². The fourth-order valence-corrected chi connectivity index (χ4v) is 5.12. The van der Waals surface area contributed by atoms with Crippen molar-refractivity contribution in [2.24, 2.45) is 0 Å². The molecule has 1 fully saturated rings. The highest BCUT2D eigenvalue weighted by Gasteiger charge is 2.28. The molecule has 1 heterocycles. The number of unbranched alkanes of at least 4 members (excludes halogenated alkanes) is 1. The lowest BCUT2D eigenvalue weighted by atomic mass is 10.4. The van der Waals surface area contributed by atoms with Gasteiger partial charge in [-0.2, -0.15) is 0 Å². The fourth-order valence-electron chi connectivity index (χ4n) is 1.31. The van der Waals surface area contributed by atoms with Gasteiger partial charge in [-0.3, -0.25) is 0 Å². The van der Waals surface area contributed by atoms with Gasteiger partial charge in [-0.1, -0.05) is 13.3 Å². The van der Waals surface area contributed by atoms with E-state index in [1.165, 1.54) is 0 Å². The number of rotatable bonds is 4. The van der Waals surface area contributed by atoms with Gasteiger partial charge in [-0.25, -0.2) is 8.42 Å². The molecule has 0 amide bonds. The second-order valence-corrected chi connectivity index (χ2v) is 7.08. The summed E-state index contributed by atoms with van der Waals surface area (Å²) in [5.41, 5.74) is 0. The summed E-state index contributed by atoms with van der Waals surface area (Å²) >= 11 is 1.61. The summed E-state index contributed by atoms with van der Waals surface area (Å²) in [6, 6.07) is 0. The van der Waals surface area contributed by atoms with Crippen LogP contribution in [-0.2, 0) is 9.84 Å². The Morgan fingerprint density at radius 3 is 2.75 bits per heavy atom. The third-order valence-corrected chi connectivity index (χ3v) is 6.39. The Morgan fingerprint density at radius 1 is 1.50 bits per heavy atom. The van der Waals surface area contributed by atoms with Crippen LogP contribution in [0.4, 0.5) is 0 Å². The van der Waals surface area contributed by atoms with Crippen LogP contribution in [0.5, 0.6) is 0 Å². The highest BCUT2D eigenvalue weighted by atomic mass is 32.3. The van der Waals surface area contributed by atoms with Crippen LogP contribution in [0.3, 0.4) is 0 Å². The summed E-state index contributed by atoms with van der Waals surface area (Å²) in [7, 11) is -2.76. The second kappa shape index (κ2) is 4.51. The van der Waals surface area contributed by atoms with Crippen molar-refractivity contribution in [2.75, 3.05) is 11.5 Å². The molecule has 0 bridgehead atoms. The van der Waals surface area contributed by atoms with Crippen molar-refractivity contribution in [1.82, 2.24) is 0 Å². The Labute approximate surface area is 79.0 Å². The SMILES string of the molecule is CCCCS(=O)(=O)C1CCCS1. The number of thioether (sulfide) groups is 1. The minimum absolute atomic E-state index is 0.0796. The molecule has 1 saturated heterocycles. The van der Waals surface area contributed by atoms with Gasteiger partial charge in [-0.15, -0.1) is 11.8 Å². The van der Waals surface area contributed by atoms with Gasteiger partial charge in [-0.05, 0) is 25.0 Å². The first-order valence-electron chi connectivity index (χ1n) is 4.50. The van der Waals surface area contributed by atoms with E-state index in [0.29, 0.717) is 5.75 Å². The smallest absolute Gasteiger partial charge is 0.162 e. The minimum Gasteiger partial charge on any atom is -0.228 e. The summed E-state index contributed by atoms with van der Waals surface area (Å²) < 4.78 is 23.1. The first-order chi connectivity index (χ1) is 5.67. The predicted octanol–water partition coefficient (Wildman–Crippen LogP) is 2.05. The Balaban J connectivity index is 2.46. The maximum absolute atomic E-state index is 11.6. The van der Waals surface area contributed by atoms with Gasteiger partial charge in [0.15, 0.2) is 9.84 Å². The molecular formula is C8H16O2S2. The molecule has 72 valence electrons. The molecule has 2 nitrogen and oxygen atoms in total. The van der Waals surface area contributed by atoms with E-state index in [1.807, 2.05) is 6.92 Å². The van der Waals surface area contributed by atoms with E-state index in [0.717, 1.165) is 31.4 Å². The summed E-state index contributed by atoms with van der Waals surface area (Å²) in [5, 5.41) is 0. The van der Waals surface area contributed by atoms with Gasteiger partial charge in [0, 0.05) is 0 Å². The Kier molecular flexibility index (Phi) is 3.90. The van der Waals surface area contributed by atoms with Gasteiger partial charge in [0.1, 0.15) is 4.58 Å². The maximum Gasteiger partial charge on any atom is 0.162 e. The van der Waals surface area contributed by atoms with Gasteiger partial charge >= 0.3 is 0 Å². The lowest BCUT2D eigenvalue weighted by Gasteiger charge is -2.08. The molecule has 1 atom stereocenters. The quantitative estimate of drug-likeness (QED) is 0.709. The largest absolute Gasteiger partial charge is 0.228 e. The molecule has 0 aromatic heterocycles. The second-order valence-electron chi connectivity index (χ2n) is 3.16. The van der Waals surface area contributed by atoms with Crippen molar-refractivity contribution in [3.8, 4) is 0 Å². The van der Waals surface area contributed by atoms with Crippen molar-refractivity contribution in [3.05, 3.63) is 0 Å². The zero-order valence-corrected chi connectivity index (χ0v) is 9.09. The highest BCUT2D eigenvalue weighted by Crippen LogP contribution is 2.31. The zero-order valence-electron chi connectivity index (χ0n) is 7.45. The lowest BCUT2D eigenvalue weighted by molar-refractivity contribution is 0.587. The van der Waals surface area contributed by atoms with E-state index in [4.69, 9.17) is 0 Å². The van der Waals surface area contributed by atoms with Crippen molar-refractivity contribution in [2.45, 2.75) is 37.2 Å². The third-order valence-electron chi connectivity index (χ3n) is 2.07. The molecule has 0 aromatic rings. The van der Waals surface area contributed by atoms with E-state index in [-0.39, 0.29) is 4.58 Å². The van der Waals surface area contributed by atoms with Crippen LogP contribution in [0.15, 0.2) is 0 Å². The summed E-state index contributed by atoms with van der Waals surface area (Å²) in [5.74, 6) is 1.41. The van der Waals surface area contributed by atoms with E-state index in [2.05, 4.69) is 0 Å². The Bertz CT molecular complexity index is 215. The van der Waals surface area contributed by atoms with Crippen LogP contribution >= 0.6 is 11.8 Å². The molecule has 1 rings (SSSR count). The van der Waals surface area contributed by atoms with Crippen LogP contribution in [0.2, 0.25) is 0 Å². The van der Waals surface area contributed by atoms with E-state index in [9.17, 15) is 8.42 Å². The van der Waals surface area contributed by atoms with Gasteiger partial charge in [0.2, 0.25) is 0 Å². The van der Waals surface area contributed by atoms with Gasteiger partial charge in [0.25, 0.3) is 0 Å². The van der Waals surface area contributed by atoms with E-state index < -0.39 is 9.84 Å². The first-order valence-corrected chi connectivity index (χ1v) is 7.26. The van der Waals surface area contributed by atoms with Crippen molar-refractivity contribution in [3.63, 3.8) is 0 Å². The van der Waals surface area contributed by atoms with Crippen molar-refractivity contribution < 1.29 is 8.42 Å². The standard InChI is InChI=1S/C8H16O2S2/c1-2-3-7-12(9,10)8-5-4-6-11-8/h8H,2-7H2,1H3. The Morgan fingerprint density at radius 2 is 2.25 bits per heavy atom. The molecule has 1 aliphatic rings. The van der Waals surface area contributed by atoms with Gasteiger partial charge in [0.05, 0.1) is 5.75 Å². The predicted molar refractivity (Wildman–Crippen MR) is 54.2 cm³/mol. The fraction of sp³-hybridized carbons (Fsp3) is 1.00. The molecule has 0 saturated carbocycles. The summed E-state index contributed by atoms with van der Waals surface area (Å²) in [6.07, 6.45) is 3.73. The highest BCUT2D eigenvalue weighted by molar-refractivity contribution is 8.13. The first kappa shape index (κ1) is 10.4. The van der Waals surface area contributed by atoms with E-state index in [1.54, 1.807) is 11.8 Å². The Hall–Kier alpha value is 0.300. The summed E-state index contributed by atoms with van der Waals surface area (Å²) in [4.78, 5) is 0. The van der Waals surface area contributed by atoms with Crippen LogP contribution in [0, 0.1) is 0 Å².